The normalized spacial score (nSPS) is 13.2. The van der Waals surface area contributed by atoms with Gasteiger partial charge < -0.3 is 5.11 Å². The Bertz CT molecular complexity index is 631. The van der Waals surface area contributed by atoms with Crippen molar-refractivity contribution in [3.8, 4) is 11.1 Å². The molecule has 0 radical (unpaired) electrons. The van der Waals surface area contributed by atoms with Gasteiger partial charge in [-0.15, -0.1) is 0 Å². The van der Waals surface area contributed by atoms with Gasteiger partial charge in [0.1, 0.15) is 0 Å². The minimum absolute atomic E-state index is 0.144. The lowest BCUT2D eigenvalue weighted by Crippen LogP contribution is -2.53. The van der Waals surface area contributed by atoms with Crippen LogP contribution in [0.15, 0.2) is 54.6 Å². The molecule has 0 saturated carbocycles. The number of alkyl halides is 6. The van der Waals surface area contributed by atoms with Crippen molar-refractivity contribution < 1.29 is 31.4 Å². The van der Waals surface area contributed by atoms with E-state index in [-0.39, 0.29) is 5.56 Å². The van der Waals surface area contributed by atoms with Crippen LogP contribution in [0.5, 0.6) is 0 Å². The molecule has 0 aliphatic heterocycles. The lowest BCUT2D eigenvalue weighted by molar-refractivity contribution is -0.376. The van der Waals surface area contributed by atoms with E-state index in [0.29, 0.717) is 17.7 Å². The van der Waals surface area contributed by atoms with E-state index in [0.717, 1.165) is 6.07 Å². The molecule has 0 bridgehead atoms. The first kappa shape index (κ1) is 16.4. The lowest BCUT2D eigenvalue weighted by Gasteiger charge is -2.32. The van der Waals surface area contributed by atoms with E-state index in [9.17, 15) is 31.4 Å². The van der Waals surface area contributed by atoms with Crippen molar-refractivity contribution in [2.45, 2.75) is 18.0 Å². The van der Waals surface area contributed by atoms with Gasteiger partial charge >= 0.3 is 12.4 Å². The summed E-state index contributed by atoms with van der Waals surface area (Å²) in [6, 6.07) is 11.6. The maximum Gasteiger partial charge on any atom is 0.430 e. The highest BCUT2D eigenvalue weighted by atomic mass is 19.4. The van der Waals surface area contributed by atoms with Crippen molar-refractivity contribution in [1.82, 2.24) is 0 Å². The smallest absolute Gasteiger partial charge is 0.369 e. The van der Waals surface area contributed by atoms with Crippen LogP contribution in [0, 0.1) is 0 Å². The zero-order valence-corrected chi connectivity index (χ0v) is 10.9. The van der Waals surface area contributed by atoms with Crippen LogP contribution in [0.1, 0.15) is 5.56 Å². The second-order valence-corrected chi connectivity index (χ2v) is 4.65. The topological polar surface area (TPSA) is 20.2 Å². The van der Waals surface area contributed by atoms with E-state index in [4.69, 9.17) is 0 Å². The van der Waals surface area contributed by atoms with Gasteiger partial charge in [-0.2, -0.15) is 26.3 Å². The van der Waals surface area contributed by atoms with Gasteiger partial charge in [0, 0.05) is 5.56 Å². The summed E-state index contributed by atoms with van der Waals surface area (Å²) in [6.07, 6.45) is -11.8. The molecular weight excluding hydrogens is 310 g/mol. The third kappa shape index (κ3) is 2.68. The number of halogens is 6. The van der Waals surface area contributed by atoms with Crippen LogP contribution in [-0.2, 0) is 5.60 Å². The first-order valence-electron chi connectivity index (χ1n) is 6.09. The van der Waals surface area contributed by atoms with Crippen LogP contribution < -0.4 is 0 Å². The lowest BCUT2D eigenvalue weighted by atomic mass is 9.90. The Labute approximate surface area is 121 Å². The third-order valence-electron chi connectivity index (χ3n) is 3.21. The van der Waals surface area contributed by atoms with Gasteiger partial charge in [-0.05, 0) is 17.2 Å². The van der Waals surface area contributed by atoms with E-state index >= 15 is 0 Å². The number of hydrogen-bond acceptors (Lipinski definition) is 1. The fourth-order valence-corrected chi connectivity index (χ4v) is 2.04. The highest BCUT2D eigenvalue weighted by Gasteiger charge is 2.71. The van der Waals surface area contributed by atoms with Gasteiger partial charge in [0.05, 0.1) is 0 Å². The molecule has 0 saturated heterocycles. The standard InChI is InChI=1S/C15H10F6O/c16-14(17,18)13(22,15(19,20)21)12-8-4-7-11(9-12)10-5-2-1-3-6-10/h1-9,22H. The van der Waals surface area contributed by atoms with E-state index in [1.54, 1.807) is 30.3 Å². The van der Waals surface area contributed by atoms with Crippen LogP contribution in [0.25, 0.3) is 11.1 Å². The van der Waals surface area contributed by atoms with Crippen molar-refractivity contribution in [3.05, 3.63) is 60.2 Å². The molecule has 0 aromatic heterocycles. The molecule has 1 nitrogen and oxygen atoms in total. The Kier molecular flexibility index (Phi) is 3.95. The van der Waals surface area contributed by atoms with Crippen molar-refractivity contribution in [2.75, 3.05) is 0 Å². The summed E-state index contributed by atoms with van der Waals surface area (Å²) < 4.78 is 77.1. The summed E-state index contributed by atoms with van der Waals surface area (Å²) in [4.78, 5) is 0. The van der Waals surface area contributed by atoms with Crippen molar-refractivity contribution in [2.24, 2.45) is 0 Å². The van der Waals surface area contributed by atoms with Crippen LogP contribution >= 0.6 is 0 Å². The molecule has 0 heterocycles. The first-order valence-corrected chi connectivity index (χ1v) is 6.09. The molecular formula is C15H10F6O. The minimum atomic E-state index is -5.89. The van der Waals surface area contributed by atoms with Crippen molar-refractivity contribution >= 4 is 0 Å². The zero-order valence-electron chi connectivity index (χ0n) is 10.9. The molecule has 2 aromatic rings. The average Bonchev–Trinajstić information content (AvgIpc) is 2.45. The van der Waals surface area contributed by atoms with Gasteiger partial charge in [-0.25, -0.2) is 0 Å². The van der Waals surface area contributed by atoms with Crippen LogP contribution in [0.4, 0.5) is 26.3 Å². The first-order chi connectivity index (χ1) is 10.1. The van der Waals surface area contributed by atoms with Crippen molar-refractivity contribution in [3.63, 3.8) is 0 Å². The number of hydrogen-bond donors (Lipinski definition) is 1. The summed E-state index contributed by atoms with van der Waals surface area (Å²) in [6.45, 7) is 0. The predicted molar refractivity (Wildman–Crippen MR) is 67.9 cm³/mol. The molecule has 0 atom stereocenters. The highest BCUT2D eigenvalue weighted by molar-refractivity contribution is 5.64. The summed E-state index contributed by atoms with van der Waals surface area (Å²) in [7, 11) is 0. The second-order valence-electron chi connectivity index (χ2n) is 4.65. The number of benzene rings is 2. The van der Waals surface area contributed by atoms with Crippen LogP contribution in [-0.4, -0.2) is 17.5 Å². The molecule has 118 valence electrons. The largest absolute Gasteiger partial charge is 0.430 e. The Morgan fingerprint density at radius 1 is 0.636 bits per heavy atom. The Balaban J connectivity index is 2.61. The molecule has 1 N–H and O–H groups in total. The fraction of sp³-hybridized carbons (Fsp3) is 0.200. The molecule has 2 rings (SSSR count). The van der Waals surface area contributed by atoms with Gasteiger partial charge in [0.25, 0.3) is 5.60 Å². The molecule has 0 aliphatic rings. The predicted octanol–water partition coefficient (Wildman–Crippen LogP) is 4.67. The monoisotopic (exact) mass is 320 g/mol. The maximum atomic E-state index is 12.9. The fourth-order valence-electron chi connectivity index (χ4n) is 2.04. The van der Waals surface area contributed by atoms with Crippen LogP contribution in [0.3, 0.4) is 0 Å². The number of aliphatic hydroxyl groups is 1. The second kappa shape index (κ2) is 5.31. The van der Waals surface area contributed by atoms with Gasteiger partial charge in [0.15, 0.2) is 0 Å². The zero-order chi connectivity index (χ0) is 16.6. The van der Waals surface area contributed by atoms with Gasteiger partial charge in [-0.3, -0.25) is 0 Å². The molecule has 22 heavy (non-hydrogen) atoms. The Morgan fingerprint density at radius 3 is 1.64 bits per heavy atom. The van der Waals surface area contributed by atoms with E-state index in [2.05, 4.69) is 0 Å². The van der Waals surface area contributed by atoms with E-state index < -0.39 is 23.5 Å². The minimum Gasteiger partial charge on any atom is -0.369 e. The average molecular weight is 320 g/mol. The summed E-state index contributed by atoms with van der Waals surface area (Å²) in [5.74, 6) is 0. The Hall–Kier alpha value is -2.02. The molecule has 0 amide bonds. The molecule has 0 unspecified atom stereocenters. The SMILES string of the molecule is OC(c1cccc(-c2ccccc2)c1)(C(F)(F)F)C(F)(F)F. The van der Waals surface area contributed by atoms with Crippen LogP contribution in [0.2, 0.25) is 0 Å². The van der Waals surface area contributed by atoms with E-state index in [1.165, 1.54) is 6.07 Å². The molecule has 7 heteroatoms. The molecule has 0 spiro atoms. The summed E-state index contributed by atoms with van der Waals surface area (Å²) in [5.41, 5.74) is -5.60. The third-order valence-corrected chi connectivity index (χ3v) is 3.21. The summed E-state index contributed by atoms with van der Waals surface area (Å²) in [5, 5.41) is 9.38. The summed E-state index contributed by atoms with van der Waals surface area (Å²) >= 11 is 0. The Morgan fingerprint density at radius 2 is 1.14 bits per heavy atom. The van der Waals surface area contributed by atoms with Gasteiger partial charge in [-0.1, -0.05) is 48.5 Å². The maximum absolute atomic E-state index is 12.9. The van der Waals surface area contributed by atoms with Gasteiger partial charge in [0.2, 0.25) is 0 Å². The molecule has 0 aliphatic carbocycles. The molecule has 2 aromatic carbocycles. The highest BCUT2D eigenvalue weighted by Crippen LogP contribution is 2.50. The van der Waals surface area contributed by atoms with E-state index in [1.807, 2.05) is 0 Å². The molecule has 0 fully saturated rings. The van der Waals surface area contributed by atoms with Crippen molar-refractivity contribution in [1.29, 1.82) is 0 Å². The number of rotatable bonds is 2. The quantitative estimate of drug-likeness (QED) is 0.798.